The highest BCUT2D eigenvalue weighted by Gasteiger charge is 2.16. The summed E-state index contributed by atoms with van der Waals surface area (Å²) in [5.41, 5.74) is 1.13. The van der Waals surface area contributed by atoms with Gasteiger partial charge in [-0.2, -0.15) is 5.10 Å². The van der Waals surface area contributed by atoms with Crippen LogP contribution in [0.1, 0.15) is 16.1 Å². The molecule has 0 saturated carbocycles. The maximum absolute atomic E-state index is 12.9. The number of aromatic nitrogens is 5. The highest BCUT2D eigenvalue weighted by molar-refractivity contribution is 9.10. The van der Waals surface area contributed by atoms with E-state index < -0.39 is 5.91 Å². The largest absolute Gasteiger partial charge is 0.288 e. The molecular weight excluding hydrogens is 367 g/mol. The lowest BCUT2D eigenvalue weighted by Crippen LogP contribution is -2.15. The van der Waals surface area contributed by atoms with Gasteiger partial charge >= 0.3 is 0 Å². The van der Waals surface area contributed by atoms with Crippen LogP contribution < -0.4 is 5.32 Å². The number of carbonyl (C=O) groups is 1. The molecule has 0 atom stereocenters. The van der Waals surface area contributed by atoms with E-state index in [1.54, 1.807) is 30.1 Å². The summed E-state index contributed by atoms with van der Waals surface area (Å²) in [5, 5.41) is 10.8. The van der Waals surface area contributed by atoms with Gasteiger partial charge in [0.1, 0.15) is 12.1 Å². The summed E-state index contributed by atoms with van der Waals surface area (Å²) < 4.78 is 16.5. The zero-order chi connectivity index (χ0) is 16.4. The molecule has 0 saturated heterocycles. The Hall–Kier alpha value is -2.55. The van der Waals surface area contributed by atoms with Crippen LogP contribution in [0.25, 0.3) is 0 Å². The molecule has 118 valence electrons. The first kappa shape index (κ1) is 15.3. The molecule has 3 aromatic rings. The third-order valence-corrected chi connectivity index (χ3v) is 3.60. The smallest absolute Gasteiger partial charge is 0.279 e. The minimum Gasteiger partial charge on any atom is -0.288 e. The zero-order valence-corrected chi connectivity index (χ0v) is 13.7. The summed E-state index contributed by atoms with van der Waals surface area (Å²) in [6.45, 7) is 0.427. The number of hydrogen-bond donors (Lipinski definition) is 1. The topological polar surface area (TPSA) is 77.6 Å². The fourth-order valence-electron chi connectivity index (χ4n) is 1.98. The SMILES string of the molecule is Cn1cc(Br)c(C(=O)Nc2ncn(Cc3ccc(F)cc3)n2)n1. The number of nitrogens with zero attached hydrogens (tertiary/aromatic N) is 5. The van der Waals surface area contributed by atoms with Crippen LogP contribution in [-0.2, 0) is 13.6 Å². The van der Waals surface area contributed by atoms with Gasteiger partial charge in [0.2, 0.25) is 5.95 Å². The van der Waals surface area contributed by atoms with Gasteiger partial charge in [-0.05, 0) is 33.6 Å². The van der Waals surface area contributed by atoms with Gasteiger partial charge in [0, 0.05) is 13.2 Å². The van der Waals surface area contributed by atoms with Crippen molar-refractivity contribution in [2.45, 2.75) is 6.54 Å². The number of carbonyl (C=O) groups excluding carboxylic acids is 1. The lowest BCUT2D eigenvalue weighted by Gasteiger charge is -2.01. The number of aryl methyl sites for hydroxylation is 1. The van der Waals surface area contributed by atoms with Crippen LogP contribution in [0.3, 0.4) is 0 Å². The Morgan fingerprint density at radius 3 is 2.70 bits per heavy atom. The molecule has 9 heteroatoms. The summed E-state index contributed by atoms with van der Waals surface area (Å²) in [5.74, 6) is -0.520. The molecule has 23 heavy (non-hydrogen) atoms. The van der Waals surface area contributed by atoms with E-state index >= 15 is 0 Å². The van der Waals surface area contributed by atoms with Crippen LogP contribution in [-0.4, -0.2) is 30.5 Å². The van der Waals surface area contributed by atoms with E-state index in [4.69, 9.17) is 0 Å². The van der Waals surface area contributed by atoms with Gasteiger partial charge < -0.3 is 0 Å². The third-order valence-electron chi connectivity index (χ3n) is 3.02. The van der Waals surface area contributed by atoms with E-state index in [0.717, 1.165) is 5.56 Å². The van der Waals surface area contributed by atoms with Crippen LogP contribution in [0.2, 0.25) is 0 Å². The van der Waals surface area contributed by atoms with E-state index in [0.29, 0.717) is 11.0 Å². The average Bonchev–Trinajstić information content (AvgIpc) is 3.07. The maximum atomic E-state index is 12.9. The Balaban J connectivity index is 1.68. The standard InChI is InChI=1S/C14H12BrFN6O/c1-21-7-11(15)12(19-21)13(23)18-14-17-8-22(20-14)6-9-2-4-10(16)5-3-9/h2-5,7-8H,6H2,1H3,(H,18,20,23). The summed E-state index contributed by atoms with van der Waals surface area (Å²) >= 11 is 3.27. The maximum Gasteiger partial charge on any atom is 0.279 e. The molecule has 0 bridgehead atoms. The van der Waals surface area contributed by atoms with E-state index in [1.807, 2.05) is 0 Å². The zero-order valence-electron chi connectivity index (χ0n) is 12.1. The van der Waals surface area contributed by atoms with Crippen LogP contribution in [0, 0.1) is 5.82 Å². The second kappa shape index (κ2) is 6.29. The first-order chi connectivity index (χ1) is 11.0. The van der Waals surface area contributed by atoms with Crippen molar-refractivity contribution in [1.82, 2.24) is 24.5 Å². The van der Waals surface area contributed by atoms with Gasteiger partial charge in [-0.3, -0.25) is 14.8 Å². The summed E-state index contributed by atoms with van der Waals surface area (Å²) in [6, 6.07) is 6.10. The second-order valence-electron chi connectivity index (χ2n) is 4.85. The molecule has 0 aliphatic rings. The van der Waals surface area contributed by atoms with Crippen LogP contribution in [0.5, 0.6) is 0 Å². The first-order valence-corrected chi connectivity index (χ1v) is 7.45. The van der Waals surface area contributed by atoms with Crippen molar-refractivity contribution in [3.8, 4) is 0 Å². The summed E-state index contributed by atoms with van der Waals surface area (Å²) in [6.07, 6.45) is 3.17. The van der Waals surface area contributed by atoms with E-state index in [-0.39, 0.29) is 17.5 Å². The second-order valence-corrected chi connectivity index (χ2v) is 5.70. The van der Waals surface area contributed by atoms with Gasteiger partial charge in [-0.1, -0.05) is 12.1 Å². The van der Waals surface area contributed by atoms with Crippen molar-refractivity contribution < 1.29 is 9.18 Å². The molecule has 0 fully saturated rings. The van der Waals surface area contributed by atoms with Crippen LogP contribution >= 0.6 is 15.9 Å². The minimum atomic E-state index is -0.406. The van der Waals surface area contributed by atoms with Gasteiger partial charge in [-0.15, -0.1) is 5.10 Å². The molecule has 0 aliphatic carbocycles. The van der Waals surface area contributed by atoms with Gasteiger partial charge in [0.05, 0.1) is 11.0 Å². The van der Waals surface area contributed by atoms with Crippen molar-refractivity contribution in [2.75, 3.05) is 5.32 Å². The first-order valence-electron chi connectivity index (χ1n) is 6.65. The third kappa shape index (κ3) is 3.62. The molecular formula is C14H12BrFN6O. The van der Waals surface area contributed by atoms with Crippen molar-refractivity contribution in [3.05, 3.63) is 58.3 Å². The van der Waals surface area contributed by atoms with Crippen LogP contribution in [0.4, 0.5) is 10.3 Å². The Morgan fingerprint density at radius 1 is 1.30 bits per heavy atom. The minimum absolute atomic E-state index is 0.176. The fourth-order valence-corrected chi connectivity index (χ4v) is 2.53. The van der Waals surface area contributed by atoms with Crippen LogP contribution in [0.15, 0.2) is 41.3 Å². The van der Waals surface area contributed by atoms with Crippen molar-refractivity contribution >= 4 is 27.8 Å². The number of anilines is 1. The molecule has 2 heterocycles. The quantitative estimate of drug-likeness (QED) is 0.754. The van der Waals surface area contributed by atoms with E-state index in [9.17, 15) is 9.18 Å². The van der Waals surface area contributed by atoms with Gasteiger partial charge in [0.25, 0.3) is 5.91 Å². The fraction of sp³-hybridized carbons (Fsp3) is 0.143. The lowest BCUT2D eigenvalue weighted by molar-refractivity contribution is 0.102. The molecule has 7 nitrogen and oxygen atoms in total. The molecule has 0 radical (unpaired) electrons. The molecule has 0 spiro atoms. The number of halogens is 2. The molecule has 0 unspecified atom stereocenters. The average molecular weight is 379 g/mol. The van der Waals surface area contributed by atoms with Crippen molar-refractivity contribution in [3.63, 3.8) is 0 Å². The molecule has 1 amide bonds. The number of amides is 1. The number of benzene rings is 1. The Labute approximate surface area is 139 Å². The predicted octanol–water partition coefficient (Wildman–Crippen LogP) is 2.21. The predicted molar refractivity (Wildman–Crippen MR) is 84.4 cm³/mol. The monoisotopic (exact) mass is 378 g/mol. The van der Waals surface area contributed by atoms with E-state index in [2.05, 4.69) is 36.4 Å². The summed E-state index contributed by atoms with van der Waals surface area (Å²) in [4.78, 5) is 16.1. The van der Waals surface area contributed by atoms with E-state index in [1.165, 1.54) is 23.1 Å². The highest BCUT2D eigenvalue weighted by Crippen LogP contribution is 2.15. The number of nitrogens with one attached hydrogen (secondary N) is 1. The van der Waals surface area contributed by atoms with Crippen molar-refractivity contribution in [1.29, 1.82) is 0 Å². The Kier molecular flexibility index (Phi) is 4.20. The van der Waals surface area contributed by atoms with Gasteiger partial charge in [-0.25, -0.2) is 14.1 Å². The normalized spacial score (nSPS) is 10.7. The molecule has 3 rings (SSSR count). The Bertz CT molecular complexity index is 841. The number of rotatable bonds is 4. The molecule has 2 aromatic heterocycles. The van der Waals surface area contributed by atoms with Gasteiger partial charge in [0.15, 0.2) is 5.69 Å². The summed E-state index contributed by atoms with van der Waals surface area (Å²) in [7, 11) is 1.72. The van der Waals surface area contributed by atoms with Crippen molar-refractivity contribution in [2.24, 2.45) is 7.05 Å². The lowest BCUT2D eigenvalue weighted by atomic mass is 10.2. The molecule has 1 N–H and O–H groups in total. The highest BCUT2D eigenvalue weighted by atomic mass is 79.9. The Morgan fingerprint density at radius 2 is 2.04 bits per heavy atom. The molecule has 0 aliphatic heterocycles. The molecule has 1 aromatic carbocycles. The number of hydrogen-bond acceptors (Lipinski definition) is 4.